The number of amidine groups is 1. The van der Waals surface area contributed by atoms with E-state index in [1.807, 2.05) is 6.07 Å². The maximum Gasteiger partial charge on any atom is 0.573 e. The van der Waals surface area contributed by atoms with Crippen molar-refractivity contribution in [2.75, 3.05) is 19.0 Å². The molecular weight excluding hydrogens is 417 g/mol. The molecule has 2 atom stereocenters. The molecule has 0 saturated carbocycles. The average Bonchev–Trinajstić information content (AvgIpc) is 2.73. The number of alkyl halides is 3. The van der Waals surface area contributed by atoms with Crippen LogP contribution in [0.3, 0.4) is 0 Å². The minimum Gasteiger partial charge on any atom is -0.405 e. The van der Waals surface area contributed by atoms with Gasteiger partial charge >= 0.3 is 6.36 Å². The van der Waals surface area contributed by atoms with Gasteiger partial charge in [-0.05, 0) is 18.2 Å². The van der Waals surface area contributed by atoms with Gasteiger partial charge in [0, 0.05) is 35.8 Å². The van der Waals surface area contributed by atoms with Crippen LogP contribution in [0.1, 0.15) is 22.3 Å². The summed E-state index contributed by atoms with van der Waals surface area (Å²) in [4.78, 5) is 17.3. The predicted molar refractivity (Wildman–Crippen MR) is 108 cm³/mol. The van der Waals surface area contributed by atoms with E-state index < -0.39 is 11.9 Å². The van der Waals surface area contributed by atoms with Gasteiger partial charge in [-0.2, -0.15) is 0 Å². The molecule has 0 spiro atoms. The largest absolute Gasteiger partial charge is 0.573 e. The van der Waals surface area contributed by atoms with Gasteiger partial charge in [-0.1, -0.05) is 48.2 Å². The second kappa shape index (κ2) is 8.31. The number of benzene rings is 2. The lowest BCUT2D eigenvalue weighted by atomic mass is 9.75. The molecule has 1 fully saturated rings. The van der Waals surface area contributed by atoms with Gasteiger partial charge in [-0.3, -0.25) is 9.79 Å². The second-order valence-electron chi connectivity index (χ2n) is 7.04. The zero-order chi connectivity index (χ0) is 21.2. The minimum atomic E-state index is -4.81. The Balaban J connectivity index is 1.71. The topological polar surface area (TPSA) is 59.9 Å². The van der Waals surface area contributed by atoms with Gasteiger partial charge in [0.05, 0.1) is 6.61 Å². The van der Waals surface area contributed by atoms with Gasteiger partial charge in [-0.15, -0.1) is 13.2 Å². The van der Waals surface area contributed by atoms with Crippen LogP contribution in [-0.4, -0.2) is 36.4 Å². The Kier molecular flexibility index (Phi) is 5.75. The molecular formula is C21H19F3N2O3S. The fourth-order valence-electron chi connectivity index (χ4n) is 3.80. The first-order valence-electron chi connectivity index (χ1n) is 9.39. The number of rotatable bonds is 3. The molecule has 2 aromatic rings. The average molecular weight is 436 g/mol. The first kappa shape index (κ1) is 20.7. The highest BCUT2D eigenvalue weighted by molar-refractivity contribution is 8.13. The van der Waals surface area contributed by atoms with Crippen molar-refractivity contribution >= 4 is 22.8 Å². The van der Waals surface area contributed by atoms with E-state index in [1.165, 1.54) is 23.9 Å². The minimum absolute atomic E-state index is 0.147. The van der Waals surface area contributed by atoms with E-state index in [0.29, 0.717) is 41.7 Å². The zero-order valence-electron chi connectivity index (χ0n) is 15.8. The Morgan fingerprint density at radius 2 is 1.90 bits per heavy atom. The van der Waals surface area contributed by atoms with Gasteiger partial charge < -0.3 is 14.8 Å². The number of hydrogen-bond acceptors (Lipinski definition) is 5. The lowest BCUT2D eigenvalue weighted by Gasteiger charge is -2.44. The molecule has 4 rings (SSSR count). The van der Waals surface area contributed by atoms with E-state index in [4.69, 9.17) is 9.73 Å². The number of halogens is 3. The fraction of sp³-hybridized carbons (Fsp3) is 0.333. The smallest absolute Gasteiger partial charge is 0.405 e. The van der Waals surface area contributed by atoms with Crippen LogP contribution in [0.5, 0.6) is 5.75 Å². The number of nitrogens with zero attached hydrogens (tertiary/aromatic N) is 1. The first-order valence-corrected chi connectivity index (χ1v) is 10.4. The number of nitrogens with one attached hydrogen (secondary N) is 1. The van der Waals surface area contributed by atoms with E-state index in [9.17, 15) is 18.0 Å². The van der Waals surface area contributed by atoms with Crippen molar-refractivity contribution in [2.24, 2.45) is 10.9 Å². The van der Waals surface area contributed by atoms with Crippen LogP contribution in [0.25, 0.3) is 0 Å². The summed E-state index contributed by atoms with van der Waals surface area (Å²) < 4.78 is 48.9. The van der Waals surface area contributed by atoms with Gasteiger partial charge in [0.2, 0.25) is 0 Å². The third-order valence-corrected chi connectivity index (χ3v) is 6.22. The maximum absolute atomic E-state index is 13.0. The quantitative estimate of drug-likeness (QED) is 0.777. The van der Waals surface area contributed by atoms with E-state index in [-0.39, 0.29) is 17.6 Å². The van der Waals surface area contributed by atoms with Crippen molar-refractivity contribution in [3.05, 3.63) is 65.7 Å². The maximum atomic E-state index is 13.0. The van der Waals surface area contributed by atoms with Gasteiger partial charge in [0.1, 0.15) is 11.3 Å². The third-order valence-electron chi connectivity index (χ3n) is 5.18. The highest BCUT2D eigenvalue weighted by atomic mass is 32.2. The lowest BCUT2D eigenvalue weighted by Crippen LogP contribution is -2.48. The van der Waals surface area contributed by atoms with E-state index >= 15 is 0 Å². The zero-order valence-corrected chi connectivity index (χ0v) is 16.6. The van der Waals surface area contributed by atoms with E-state index in [2.05, 4.69) is 10.1 Å². The molecule has 0 radical (unpaired) electrons. The van der Waals surface area contributed by atoms with Gasteiger partial charge in [-0.25, -0.2) is 0 Å². The molecule has 2 unspecified atom stereocenters. The van der Waals surface area contributed by atoms with Crippen LogP contribution in [-0.2, 0) is 10.3 Å². The summed E-state index contributed by atoms with van der Waals surface area (Å²) in [5, 5.41) is 3.18. The molecule has 2 aromatic carbocycles. The fourth-order valence-corrected chi connectivity index (χ4v) is 4.92. The number of carbonyl (C=O) groups is 1. The number of para-hydroxylation sites is 1. The molecule has 2 heterocycles. The number of aliphatic imine (C=N–C) groups is 1. The number of fused-ring (bicyclic) bond motifs is 1. The first-order chi connectivity index (χ1) is 14.4. The molecule has 1 N–H and O–H groups in total. The van der Waals surface area contributed by atoms with Crippen molar-refractivity contribution in [2.45, 2.75) is 18.3 Å². The number of hydrogen-bond donors (Lipinski definition) is 1. The summed E-state index contributed by atoms with van der Waals surface area (Å²) in [6.45, 7) is 0.724. The molecule has 0 aliphatic carbocycles. The molecule has 2 aliphatic heterocycles. The number of carbonyl (C=O) groups excluding carboxylic acids is 1. The Hall–Kier alpha value is -2.52. The Morgan fingerprint density at radius 3 is 2.67 bits per heavy atom. The Morgan fingerprint density at radius 1 is 1.17 bits per heavy atom. The predicted octanol–water partition coefficient (Wildman–Crippen LogP) is 4.35. The van der Waals surface area contributed by atoms with E-state index in [0.717, 1.165) is 0 Å². The monoisotopic (exact) mass is 436 g/mol. The van der Waals surface area contributed by atoms with Gasteiger partial charge in [0.25, 0.3) is 5.91 Å². The molecule has 9 heteroatoms. The van der Waals surface area contributed by atoms with E-state index in [1.54, 1.807) is 36.4 Å². The third kappa shape index (κ3) is 4.32. The van der Waals surface area contributed by atoms with Crippen LogP contribution >= 0.6 is 11.8 Å². The number of thioether (sulfide) groups is 1. The second-order valence-corrected chi connectivity index (χ2v) is 8.05. The van der Waals surface area contributed by atoms with Gasteiger partial charge in [0.15, 0.2) is 5.17 Å². The standard InChI is InChI=1S/C21H19F3N2O3S/c22-21(23,24)29-17-9-5-4-8-16(17)20-10-11-28-12-15(20)13-30-19(26-20)25-18(27)14-6-2-1-3-7-14/h1-9,15H,10-13H2,(H,25,26,27). The molecule has 158 valence electrons. The number of amides is 1. The summed E-state index contributed by atoms with van der Waals surface area (Å²) in [6.07, 6.45) is -4.42. The Labute approximate surface area is 175 Å². The highest BCUT2D eigenvalue weighted by Crippen LogP contribution is 2.48. The van der Waals surface area contributed by atoms with Crippen LogP contribution < -0.4 is 10.1 Å². The van der Waals surface area contributed by atoms with Crippen LogP contribution in [0.15, 0.2) is 59.6 Å². The highest BCUT2D eigenvalue weighted by Gasteiger charge is 2.48. The van der Waals surface area contributed by atoms with Crippen molar-refractivity contribution in [1.29, 1.82) is 0 Å². The van der Waals surface area contributed by atoms with Crippen LogP contribution in [0.2, 0.25) is 0 Å². The van der Waals surface area contributed by atoms with Crippen molar-refractivity contribution < 1.29 is 27.4 Å². The summed E-state index contributed by atoms with van der Waals surface area (Å²) in [6, 6.07) is 14.7. The van der Waals surface area contributed by atoms with Crippen molar-refractivity contribution in [3.8, 4) is 5.75 Å². The molecule has 0 aromatic heterocycles. The normalized spacial score (nSPS) is 23.8. The molecule has 1 saturated heterocycles. The summed E-state index contributed by atoms with van der Waals surface area (Å²) in [5.41, 5.74) is -0.142. The molecule has 0 bridgehead atoms. The Bertz CT molecular complexity index is 952. The van der Waals surface area contributed by atoms with Crippen LogP contribution in [0.4, 0.5) is 13.2 Å². The summed E-state index contributed by atoms with van der Waals surface area (Å²) in [7, 11) is 0. The molecule has 1 amide bonds. The van der Waals surface area contributed by atoms with Crippen molar-refractivity contribution in [3.63, 3.8) is 0 Å². The van der Waals surface area contributed by atoms with Crippen molar-refractivity contribution in [1.82, 2.24) is 5.32 Å². The molecule has 5 nitrogen and oxygen atoms in total. The molecule has 2 aliphatic rings. The lowest BCUT2D eigenvalue weighted by molar-refractivity contribution is -0.275. The molecule has 30 heavy (non-hydrogen) atoms. The number of ether oxygens (including phenoxy) is 2. The SMILES string of the molecule is O=C(NC1=NC2(c3ccccc3OC(F)(F)F)CCOCC2CS1)c1ccccc1. The summed E-state index contributed by atoms with van der Waals surface area (Å²) in [5.74, 6) is -0.191. The summed E-state index contributed by atoms with van der Waals surface area (Å²) >= 11 is 1.36. The van der Waals surface area contributed by atoms with Crippen LogP contribution in [0, 0.1) is 5.92 Å².